The number of rotatable bonds is 6. The molecule has 2 rings (SSSR count). The van der Waals surface area contributed by atoms with Gasteiger partial charge in [-0.25, -0.2) is 4.39 Å². The van der Waals surface area contributed by atoms with Gasteiger partial charge in [0.1, 0.15) is 5.82 Å². The Bertz CT molecular complexity index is 858. The number of aliphatic hydroxyl groups excluding tert-OH is 1. The maximum absolute atomic E-state index is 14.3. The van der Waals surface area contributed by atoms with E-state index < -0.39 is 11.7 Å². The van der Waals surface area contributed by atoms with Gasteiger partial charge in [0.05, 0.1) is 17.9 Å². The van der Waals surface area contributed by atoms with Gasteiger partial charge in [0.2, 0.25) is 0 Å². The SMILES string of the molecule is Cc1c(F)cc(C(=O)NCCO)cc1-c1ccc(C(=O)NCC(C)(C)C)cn1. The van der Waals surface area contributed by atoms with Crippen LogP contribution in [0.4, 0.5) is 4.39 Å². The molecule has 0 unspecified atom stereocenters. The van der Waals surface area contributed by atoms with Gasteiger partial charge < -0.3 is 15.7 Å². The summed E-state index contributed by atoms with van der Waals surface area (Å²) in [6.45, 7) is 8.09. The van der Waals surface area contributed by atoms with E-state index in [1.54, 1.807) is 25.1 Å². The number of pyridine rings is 1. The van der Waals surface area contributed by atoms with Crippen LogP contribution >= 0.6 is 0 Å². The van der Waals surface area contributed by atoms with Crippen molar-refractivity contribution >= 4 is 11.8 Å². The van der Waals surface area contributed by atoms with Crippen LogP contribution in [0, 0.1) is 18.2 Å². The van der Waals surface area contributed by atoms with Crippen LogP contribution in [-0.4, -0.2) is 41.6 Å². The number of nitrogens with one attached hydrogen (secondary N) is 2. The molecule has 0 fully saturated rings. The Kier molecular flexibility index (Phi) is 6.85. The molecule has 0 aliphatic heterocycles. The summed E-state index contributed by atoms with van der Waals surface area (Å²) >= 11 is 0. The number of halogens is 1. The first-order valence-corrected chi connectivity index (χ1v) is 9.06. The van der Waals surface area contributed by atoms with E-state index in [9.17, 15) is 14.0 Å². The molecule has 2 aromatic rings. The van der Waals surface area contributed by atoms with Gasteiger partial charge in [0.15, 0.2) is 0 Å². The van der Waals surface area contributed by atoms with Gasteiger partial charge in [-0.2, -0.15) is 0 Å². The zero-order chi connectivity index (χ0) is 20.9. The summed E-state index contributed by atoms with van der Waals surface area (Å²) in [5, 5.41) is 14.2. The van der Waals surface area contributed by atoms with Gasteiger partial charge in [-0.1, -0.05) is 20.8 Å². The molecule has 150 valence electrons. The van der Waals surface area contributed by atoms with Crippen LogP contribution in [0.1, 0.15) is 47.1 Å². The summed E-state index contributed by atoms with van der Waals surface area (Å²) < 4.78 is 14.3. The molecule has 7 heteroatoms. The second-order valence-electron chi connectivity index (χ2n) is 7.79. The zero-order valence-corrected chi connectivity index (χ0v) is 16.6. The average molecular weight is 387 g/mol. The van der Waals surface area contributed by atoms with Crippen LogP contribution in [0.2, 0.25) is 0 Å². The summed E-state index contributed by atoms with van der Waals surface area (Å²) in [6, 6.07) is 5.95. The average Bonchev–Trinajstić information content (AvgIpc) is 2.65. The highest BCUT2D eigenvalue weighted by molar-refractivity contribution is 5.96. The lowest BCUT2D eigenvalue weighted by atomic mass is 9.97. The fourth-order valence-corrected chi connectivity index (χ4v) is 2.48. The highest BCUT2D eigenvalue weighted by Gasteiger charge is 2.16. The topological polar surface area (TPSA) is 91.3 Å². The molecular formula is C21H26FN3O3. The van der Waals surface area contributed by atoms with E-state index >= 15 is 0 Å². The smallest absolute Gasteiger partial charge is 0.252 e. The minimum absolute atomic E-state index is 0.0330. The van der Waals surface area contributed by atoms with Crippen molar-refractivity contribution in [1.29, 1.82) is 0 Å². The second kappa shape index (κ2) is 8.93. The first-order valence-electron chi connectivity index (χ1n) is 9.06. The van der Waals surface area contributed by atoms with E-state index in [4.69, 9.17) is 5.11 Å². The van der Waals surface area contributed by atoms with Crippen molar-refractivity contribution in [2.24, 2.45) is 5.41 Å². The Morgan fingerprint density at radius 1 is 1.11 bits per heavy atom. The molecule has 0 spiro atoms. The maximum Gasteiger partial charge on any atom is 0.252 e. The standard InChI is InChI=1S/C21H26FN3O3/c1-13-16(9-15(10-17(13)22)20(28)23-7-8-26)18-6-5-14(11-24-18)19(27)25-12-21(2,3)4/h5-6,9-11,26H,7-8,12H2,1-4H3,(H,23,28)(H,25,27). The molecule has 3 N–H and O–H groups in total. The van der Waals surface area contributed by atoms with Crippen LogP contribution in [-0.2, 0) is 0 Å². The number of aliphatic hydroxyl groups is 1. The molecule has 0 aliphatic rings. The van der Waals surface area contributed by atoms with Gasteiger partial charge >= 0.3 is 0 Å². The summed E-state index contributed by atoms with van der Waals surface area (Å²) in [7, 11) is 0. The van der Waals surface area contributed by atoms with Crippen molar-refractivity contribution in [2.45, 2.75) is 27.7 Å². The third-order valence-corrected chi connectivity index (χ3v) is 4.08. The number of carbonyl (C=O) groups is 2. The number of hydrogen-bond donors (Lipinski definition) is 3. The lowest BCUT2D eigenvalue weighted by Gasteiger charge is -2.18. The number of benzene rings is 1. The van der Waals surface area contributed by atoms with Gasteiger partial charge in [0, 0.05) is 30.4 Å². The monoisotopic (exact) mass is 387 g/mol. The molecule has 0 atom stereocenters. The van der Waals surface area contributed by atoms with E-state index in [2.05, 4.69) is 15.6 Å². The van der Waals surface area contributed by atoms with Crippen molar-refractivity contribution in [3.63, 3.8) is 0 Å². The molecule has 6 nitrogen and oxygen atoms in total. The molecule has 1 aromatic heterocycles. The minimum atomic E-state index is -0.527. The van der Waals surface area contributed by atoms with E-state index in [0.29, 0.717) is 28.9 Å². The third kappa shape index (κ3) is 5.60. The summed E-state index contributed by atoms with van der Waals surface area (Å²) in [5.74, 6) is -1.23. The van der Waals surface area contributed by atoms with Crippen molar-refractivity contribution < 1.29 is 19.1 Å². The third-order valence-electron chi connectivity index (χ3n) is 4.08. The van der Waals surface area contributed by atoms with E-state index in [0.717, 1.165) is 6.07 Å². The van der Waals surface area contributed by atoms with Crippen LogP contribution in [0.3, 0.4) is 0 Å². The van der Waals surface area contributed by atoms with Crippen molar-refractivity contribution in [1.82, 2.24) is 15.6 Å². The van der Waals surface area contributed by atoms with E-state index in [1.807, 2.05) is 20.8 Å². The van der Waals surface area contributed by atoms with Crippen molar-refractivity contribution in [3.8, 4) is 11.3 Å². The lowest BCUT2D eigenvalue weighted by Crippen LogP contribution is -2.32. The maximum atomic E-state index is 14.3. The summed E-state index contributed by atoms with van der Waals surface area (Å²) in [5.41, 5.74) is 1.80. The Hall–Kier alpha value is -2.80. The van der Waals surface area contributed by atoms with Crippen LogP contribution in [0.5, 0.6) is 0 Å². The number of aromatic nitrogens is 1. The molecule has 0 bridgehead atoms. The highest BCUT2D eigenvalue weighted by atomic mass is 19.1. The van der Waals surface area contributed by atoms with Gasteiger partial charge in [0.25, 0.3) is 11.8 Å². The first kappa shape index (κ1) is 21.5. The molecule has 1 aromatic carbocycles. The predicted octanol–water partition coefficient (Wildman–Crippen LogP) is 2.69. The molecule has 0 radical (unpaired) electrons. The molecule has 0 saturated heterocycles. The lowest BCUT2D eigenvalue weighted by molar-refractivity contribution is 0.0934. The largest absolute Gasteiger partial charge is 0.395 e. The summed E-state index contributed by atoms with van der Waals surface area (Å²) in [4.78, 5) is 28.6. The van der Waals surface area contributed by atoms with Crippen LogP contribution in [0.25, 0.3) is 11.3 Å². The Labute approximate surface area is 164 Å². The highest BCUT2D eigenvalue weighted by Crippen LogP contribution is 2.25. The Balaban J connectivity index is 2.26. The Morgan fingerprint density at radius 3 is 2.36 bits per heavy atom. The molecule has 1 heterocycles. The van der Waals surface area contributed by atoms with Crippen molar-refractivity contribution in [2.75, 3.05) is 19.7 Å². The predicted molar refractivity (Wildman–Crippen MR) is 106 cm³/mol. The zero-order valence-electron chi connectivity index (χ0n) is 16.6. The van der Waals surface area contributed by atoms with Crippen LogP contribution < -0.4 is 10.6 Å². The number of nitrogens with zero attached hydrogens (tertiary/aromatic N) is 1. The van der Waals surface area contributed by atoms with E-state index in [1.165, 1.54) is 6.20 Å². The molecule has 0 saturated carbocycles. The number of amides is 2. The second-order valence-corrected chi connectivity index (χ2v) is 7.79. The van der Waals surface area contributed by atoms with Gasteiger partial charge in [-0.05, 0) is 42.2 Å². The molecule has 28 heavy (non-hydrogen) atoms. The molecule has 0 aliphatic carbocycles. The summed E-state index contributed by atoms with van der Waals surface area (Å²) in [6.07, 6.45) is 1.43. The van der Waals surface area contributed by atoms with Gasteiger partial charge in [-0.15, -0.1) is 0 Å². The van der Waals surface area contributed by atoms with Crippen molar-refractivity contribution in [3.05, 3.63) is 53.0 Å². The molecular weight excluding hydrogens is 361 g/mol. The minimum Gasteiger partial charge on any atom is -0.395 e. The number of carbonyl (C=O) groups excluding carboxylic acids is 2. The van der Waals surface area contributed by atoms with E-state index in [-0.39, 0.29) is 30.0 Å². The first-order chi connectivity index (χ1) is 13.1. The number of hydrogen-bond acceptors (Lipinski definition) is 4. The van der Waals surface area contributed by atoms with Gasteiger partial charge in [-0.3, -0.25) is 14.6 Å². The molecule has 2 amide bonds. The normalized spacial score (nSPS) is 11.2. The Morgan fingerprint density at radius 2 is 1.79 bits per heavy atom. The quantitative estimate of drug-likeness (QED) is 0.711. The van der Waals surface area contributed by atoms with Crippen LogP contribution in [0.15, 0.2) is 30.5 Å². The fourth-order valence-electron chi connectivity index (χ4n) is 2.48. The fraction of sp³-hybridized carbons (Fsp3) is 0.381.